The van der Waals surface area contributed by atoms with Gasteiger partial charge in [-0.25, -0.2) is 0 Å². The summed E-state index contributed by atoms with van der Waals surface area (Å²) in [7, 11) is 0. The summed E-state index contributed by atoms with van der Waals surface area (Å²) in [6.07, 6.45) is -0.567. The first-order chi connectivity index (χ1) is 7.47. The molecule has 1 unspecified atom stereocenters. The molecule has 4 nitrogen and oxygen atoms in total. The first-order valence-electron chi connectivity index (χ1n) is 5.37. The second-order valence-electron chi connectivity index (χ2n) is 4.38. The lowest BCUT2D eigenvalue weighted by atomic mass is 10.2. The molecule has 90 valence electrons. The number of ether oxygens (including phenoxy) is 1. The van der Waals surface area contributed by atoms with Crippen molar-refractivity contribution in [3.8, 4) is 5.75 Å². The number of benzene rings is 1. The lowest BCUT2D eigenvalue weighted by Crippen LogP contribution is -2.51. The zero-order chi connectivity index (χ0) is 12.0. The van der Waals surface area contributed by atoms with Gasteiger partial charge < -0.3 is 15.6 Å². The van der Waals surface area contributed by atoms with E-state index in [1.54, 1.807) is 0 Å². The molecule has 0 amide bonds. The lowest BCUT2D eigenvalue weighted by molar-refractivity contribution is 0.0993. The fourth-order valence-corrected chi connectivity index (χ4v) is 1.15. The van der Waals surface area contributed by atoms with Crippen molar-refractivity contribution in [1.82, 2.24) is 5.32 Å². The predicted octanol–water partition coefficient (Wildman–Crippen LogP) is 0.711. The number of nitrogens with two attached hydrogens (primary N) is 1. The number of hydrogen-bond donors (Lipinski definition) is 3. The Bertz CT molecular complexity index is 296. The third-order valence-electron chi connectivity index (χ3n) is 1.98. The van der Waals surface area contributed by atoms with Crippen molar-refractivity contribution in [3.63, 3.8) is 0 Å². The molecule has 0 aliphatic heterocycles. The summed E-state index contributed by atoms with van der Waals surface area (Å²) >= 11 is 0. The summed E-state index contributed by atoms with van der Waals surface area (Å²) in [5.41, 5.74) is 5.25. The topological polar surface area (TPSA) is 67.5 Å². The zero-order valence-electron chi connectivity index (χ0n) is 9.81. The standard InChI is InChI=1S/C12H20N2O2/c1-12(2,13)14-8-10(15)9-16-11-6-4-3-5-7-11/h3-7,10,14-15H,8-9,13H2,1-2H3. The van der Waals surface area contributed by atoms with Crippen LogP contribution in [0.15, 0.2) is 30.3 Å². The fraction of sp³-hybridized carbons (Fsp3) is 0.500. The van der Waals surface area contributed by atoms with Crippen molar-refractivity contribution in [2.24, 2.45) is 5.73 Å². The Labute approximate surface area is 96.4 Å². The summed E-state index contributed by atoms with van der Waals surface area (Å²) in [5, 5.41) is 12.6. The molecule has 0 aromatic heterocycles. The van der Waals surface area contributed by atoms with Crippen molar-refractivity contribution < 1.29 is 9.84 Å². The average molecular weight is 224 g/mol. The van der Waals surface area contributed by atoms with E-state index in [2.05, 4.69) is 5.32 Å². The van der Waals surface area contributed by atoms with Crippen LogP contribution in [0.25, 0.3) is 0 Å². The Balaban J connectivity index is 2.23. The van der Waals surface area contributed by atoms with Crippen molar-refractivity contribution in [1.29, 1.82) is 0 Å². The maximum atomic E-state index is 9.63. The molecular formula is C12H20N2O2. The van der Waals surface area contributed by atoms with E-state index in [0.29, 0.717) is 6.54 Å². The molecule has 0 spiro atoms. The highest BCUT2D eigenvalue weighted by Crippen LogP contribution is 2.08. The van der Waals surface area contributed by atoms with Gasteiger partial charge >= 0.3 is 0 Å². The van der Waals surface area contributed by atoms with Gasteiger partial charge in [-0.15, -0.1) is 0 Å². The van der Waals surface area contributed by atoms with Crippen molar-refractivity contribution in [2.45, 2.75) is 25.6 Å². The molecule has 1 aromatic rings. The Morgan fingerprint density at radius 3 is 2.56 bits per heavy atom. The van der Waals surface area contributed by atoms with Crippen LogP contribution in [0.2, 0.25) is 0 Å². The van der Waals surface area contributed by atoms with E-state index in [1.807, 2.05) is 44.2 Å². The van der Waals surface area contributed by atoms with Gasteiger partial charge in [0.2, 0.25) is 0 Å². The maximum absolute atomic E-state index is 9.63. The van der Waals surface area contributed by atoms with E-state index in [9.17, 15) is 5.11 Å². The smallest absolute Gasteiger partial charge is 0.119 e. The summed E-state index contributed by atoms with van der Waals surface area (Å²) in [5.74, 6) is 0.758. The van der Waals surface area contributed by atoms with E-state index >= 15 is 0 Å². The maximum Gasteiger partial charge on any atom is 0.119 e. The van der Waals surface area contributed by atoms with Gasteiger partial charge in [-0.3, -0.25) is 5.32 Å². The summed E-state index contributed by atoms with van der Waals surface area (Å²) in [6.45, 7) is 4.36. The Hall–Kier alpha value is -1.10. The van der Waals surface area contributed by atoms with Gasteiger partial charge in [-0.05, 0) is 26.0 Å². The first kappa shape index (κ1) is 13.0. The zero-order valence-corrected chi connectivity index (χ0v) is 9.81. The first-order valence-corrected chi connectivity index (χ1v) is 5.37. The van der Waals surface area contributed by atoms with Crippen LogP contribution in [-0.4, -0.2) is 30.0 Å². The lowest BCUT2D eigenvalue weighted by Gasteiger charge is -2.22. The monoisotopic (exact) mass is 224 g/mol. The molecule has 4 heteroatoms. The molecule has 0 radical (unpaired) electrons. The minimum absolute atomic E-state index is 0.257. The summed E-state index contributed by atoms with van der Waals surface area (Å²) in [4.78, 5) is 0. The molecule has 1 rings (SSSR count). The number of aliphatic hydroxyl groups is 1. The second kappa shape index (κ2) is 5.84. The van der Waals surface area contributed by atoms with Crippen LogP contribution in [0.3, 0.4) is 0 Å². The largest absolute Gasteiger partial charge is 0.491 e. The summed E-state index contributed by atoms with van der Waals surface area (Å²) < 4.78 is 5.40. The third kappa shape index (κ3) is 5.70. The normalized spacial score (nSPS) is 13.5. The fourth-order valence-electron chi connectivity index (χ4n) is 1.15. The van der Waals surface area contributed by atoms with E-state index in [4.69, 9.17) is 10.5 Å². The minimum Gasteiger partial charge on any atom is -0.491 e. The van der Waals surface area contributed by atoms with Crippen LogP contribution in [0.4, 0.5) is 0 Å². The number of nitrogens with one attached hydrogen (secondary N) is 1. The van der Waals surface area contributed by atoms with Crippen molar-refractivity contribution >= 4 is 0 Å². The van der Waals surface area contributed by atoms with Gasteiger partial charge in [0.05, 0.1) is 5.66 Å². The molecule has 0 heterocycles. The molecule has 0 fully saturated rings. The highest BCUT2D eigenvalue weighted by Gasteiger charge is 2.12. The van der Waals surface area contributed by atoms with Crippen molar-refractivity contribution in [2.75, 3.05) is 13.2 Å². The second-order valence-corrected chi connectivity index (χ2v) is 4.38. The van der Waals surface area contributed by atoms with Crippen LogP contribution >= 0.6 is 0 Å². The van der Waals surface area contributed by atoms with Gasteiger partial charge in [-0.2, -0.15) is 0 Å². The van der Waals surface area contributed by atoms with Crippen LogP contribution < -0.4 is 15.8 Å². The molecule has 0 saturated heterocycles. The van der Waals surface area contributed by atoms with E-state index in [1.165, 1.54) is 0 Å². The van der Waals surface area contributed by atoms with Crippen LogP contribution in [0.1, 0.15) is 13.8 Å². The Kier molecular flexibility index (Phi) is 4.73. The van der Waals surface area contributed by atoms with Crippen LogP contribution in [0.5, 0.6) is 5.75 Å². The highest BCUT2D eigenvalue weighted by molar-refractivity contribution is 5.20. The Morgan fingerprint density at radius 1 is 1.38 bits per heavy atom. The number of aliphatic hydroxyl groups excluding tert-OH is 1. The van der Waals surface area contributed by atoms with Crippen molar-refractivity contribution in [3.05, 3.63) is 30.3 Å². The van der Waals surface area contributed by atoms with Gasteiger partial charge in [0, 0.05) is 6.54 Å². The van der Waals surface area contributed by atoms with E-state index in [0.717, 1.165) is 5.75 Å². The summed E-state index contributed by atoms with van der Waals surface area (Å²) in [6, 6.07) is 9.41. The van der Waals surface area contributed by atoms with Gasteiger partial charge in [0.25, 0.3) is 0 Å². The molecule has 0 saturated carbocycles. The molecule has 0 bridgehead atoms. The number of para-hydroxylation sites is 1. The third-order valence-corrected chi connectivity index (χ3v) is 1.98. The number of rotatable bonds is 6. The molecule has 0 aliphatic rings. The Morgan fingerprint density at radius 2 is 2.00 bits per heavy atom. The quantitative estimate of drug-likeness (QED) is 0.623. The highest BCUT2D eigenvalue weighted by atomic mass is 16.5. The van der Waals surface area contributed by atoms with Crippen LogP contribution in [0, 0.1) is 0 Å². The van der Waals surface area contributed by atoms with Gasteiger partial charge in [0.15, 0.2) is 0 Å². The minimum atomic E-state index is -0.567. The molecular weight excluding hydrogens is 204 g/mol. The van der Waals surface area contributed by atoms with Gasteiger partial charge in [-0.1, -0.05) is 18.2 Å². The van der Waals surface area contributed by atoms with E-state index < -0.39 is 11.8 Å². The van der Waals surface area contributed by atoms with Gasteiger partial charge in [0.1, 0.15) is 18.5 Å². The molecule has 1 atom stereocenters. The predicted molar refractivity (Wildman–Crippen MR) is 64.2 cm³/mol. The molecule has 0 aliphatic carbocycles. The molecule has 4 N–H and O–H groups in total. The SMILES string of the molecule is CC(C)(N)NCC(O)COc1ccccc1. The van der Waals surface area contributed by atoms with E-state index in [-0.39, 0.29) is 6.61 Å². The number of hydrogen-bond acceptors (Lipinski definition) is 4. The molecule has 16 heavy (non-hydrogen) atoms. The molecule has 1 aromatic carbocycles. The average Bonchev–Trinajstić information content (AvgIpc) is 2.24. The van der Waals surface area contributed by atoms with Crippen LogP contribution in [-0.2, 0) is 0 Å².